The standard InChI is InChI=1S/C32H34N4O5S/c1-22-15-16-24(23-9-7-10-25(19-23)32(38)36(2)3)20-30(22)42(39,40)35-27-12-8-11-26(21-27)33-17-18-34-31(37)28-13-5-6-14-29(28)41-4/h5-16,19-21,33,35H,17-18H2,1-4H3,(H,34,37). The summed E-state index contributed by atoms with van der Waals surface area (Å²) >= 11 is 0. The molecule has 218 valence electrons. The zero-order chi connectivity index (χ0) is 30.3. The minimum Gasteiger partial charge on any atom is -0.496 e. The molecule has 0 unspecified atom stereocenters. The minimum atomic E-state index is -3.93. The van der Waals surface area contributed by atoms with Gasteiger partial charge >= 0.3 is 0 Å². The number of carbonyl (C=O) groups is 2. The molecule has 0 aliphatic rings. The van der Waals surface area contributed by atoms with Gasteiger partial charge in [-0.2, -0.15) is 0 Å². The molecule has 0 saturated heterocycles. The molecule has 4 aromatic rings. The molecule has 0 saturated carbocycles. The monoisotopic (exact) mass is 586 g/mol. The van der Waals surface area contributed by atoms with E-state index in [0.717, 1.165) is 5.56 Å². The number of ether oxygens (including phenoxy) is 1. The molecule has 4 rings (SSSR count). The lowest BCUT2D eigenvalue weighted by atomic mass is 10.0. The number of para-hydroxylation sites is 1. The van der Waals surface area contributed by atoms with Crippen LogP contribution in [0.3, 0.4) is 0 Å². The van der Waals surface area contributed by atoms with Crippen molar-refractivity contribution in [3.05, 3.63) is 108 Å². The van der Waals surface area contributed by atoms with Gasteiger partial charge in [-0.25, -0.2) is 8.42 Å². The van der Waals surface area contributed by atoms with Crippen molar-refractivity contribution < 1.29 is 22.7 Å². The van der Waals surface area contributed by atoms with Crippen molar-refractivity contribution in [3.8, 4) is 16.9 Å². The number of sulfonamides is 1. The number of hydrogen-bond donors (Lipinski definition) is 3. The predicted octanol–water partition coefficient (Wildman–Crippen LogP) is 5.02. The number of nitrogens with zero attached hydrogens (tertiary/aromatic N) is 1. The van der Waals surface area contributed by atoms with Crippen LogP contribution in [0.5, 0.6) is 5.75 Å². The third-order valence-corrected chi connectivity index (χ3v) is 8.06. The lowest BCUT2D eigenvalue weighted by Crippen LogP contribution is -2.29. The highest BCUT2D eigenvalue weighted by atomic mass is 32.2. The van der Waals surface area contributed by atoms with Gasteiger partial charge in [-0.05, 0) is 72.1 Å². The molecular weight excluding hydrogens is 552 g/mol. The molecule has 0 heterocycles. The molecule has 10 heteroatoms. The summed E-state index contributed by atoms with van der Waals surface area (Å²) in [6.07, 6.45) is 0. The molecule has 0 aliphatic heterocycles. The van der Waals surface area contributed by atoms with Crippen molar-refractivity contribution in [3.63, 3.8) is 0 Å². The zero-order valence-electron chi connectivity index (χ0n) is 24.0. The highest BCUT2D eigenvalue weighted by Gasteiger charge is 2.19. The molecule has 0 bridgehead atoms. The third kappa shape index (κ3) is 7.27. The molecule has 9 nitrogen and oxygen atoms in total. The van der Waals surface area contributed by atoms with Gasteiger partial charge in [-0.15, -0.1) is 0 Å². The first-order chi connectivity index (χ1) is 20.1. The Kier molecular flexibility index (Phi) is 9.49. The van der Waals surface area contributed by atoms with Crippen molar-refractivity contribution >= 4 is 33.2 Å². The molecular formula is C32H34N4O5S. The lowest BCUT2D eigenvalue weighted by Gasteiger charge is -2.15. The zero-order valence-corrected chi connectivity index (χ0v) is 24.8. The Morgan fingerprint density at radius 3 is 2.29 bits per heavy atom. The van der Waals surface area contributed by atoms with Crippen LogP contribution in [0.2, 0.25) is 0 Å². The Labute approximate surface area is 246 Å². The van der Waals surface area contributed by atoms with Gasteiger partial charge < -0.3 is 20.3 Å². The van der Waals surface area contributed by atoms with Crippen LogP contribution >= 0.6 is 0 Å². The van der Waals surface area contributed by atoms with Gasteiger partial charge in [-0.3, -0.25) is 14.3 Å². The van der Waals surface area contributed by atoms with E-state index in [-0.39, 0.29) is 16.7 Å². The fraction of sp³-hybridized carbons (Fsp3) is 0.188. The maximum Gasteiger partial charge on any atom is 0.262 e. The molecule has 2 amide bonds. The van der Waals surface area contributed by atoms with Gasteiger partial charge in [0.15, 0.2) is 0 Å². The van der Waals surface area contributed by atoms with Crippen LogP contribution in [0.15, 0.2) is 95.9 Å². The highest BCUT2D eigenvalue weighted by molar-refractivity contribution is 7.92. The molecule has 0 radical (unpaired) electrons. The average Bonchev–Trinajstić information content (AvgIpc) is 2.99. The van der Waals surface area contributed by atoms with Crippen molar-refractivity contribution in [2.75, 3.05) is 44.3 Å². The molecule has 4 aromatic carbocycles. The fourth-order valence-corrected chi connectivity index (χ4v) is 5.69. The van der Waals surface area contributed by atoms with E-state index in [1.54, 1.807) is 93.8 Å². The van der Waals surface area contributed by atoms with Crippen LogP contribution in [0.4, 0.5) is 11.4 Å². The smallest absolute Gasteiger partial charge is 0.262 e. The number of anilines is 2. The number of hydrogen-bond acceptors (Lipinski definition) is 6. The quantitative estimate of drug-likeness (QED) is 0.213. The van der Waals surface area contributed by atoms with Crippen LogP contribution in [-0.2, 0) is 10.0 Å². The second kappa shape index (κ2) is 13.2. The van der Waals surface area contributed by atoms with E-state index in [2.05, 4.69) is 15.4 Å². The predicted molar refractivity (Wildman–Crippen MR) is 166 cm³/mol. The molecule has 0 aliphatic carbocycles. The Balaban J connectivity index is 1.43. The van der Waals surface area contributed by atoms with E-state index >= 15 is 0 Å². The average molecular weight is 587 g/mol. The molecule has 42 heavy (non-hydrogen) atoms. The van der Waals surface area contributed by atoms with Crippen LogP contribution in [0, 0.1) is 6.92 Å². The van der Waals surface area contributed by atoms with Crippen molar-refractivity contribution in [1.29, 1.82) is 0 Å². The Hall–Kier alpha value is -4.83. The molecule has 0 fully saturated rings. The molecule has 0 spiro atoms. The van der Waals surface area contributed by atoms with Crippen LogP contribution in [0.1, 0.15) is 26.3 Å². The van der Waals surface area contributed by atoms with Crippen molar-refractivity contribution in [1.82, 2.24) is 10.2 Å². The largest absolute Gasteiger partial charge is 0.496 e. The molecule has 0 atom stereocenters. The number of amides is 2. The maximum atomic E-state index is 13.5. The van der Waals surface area contributed by atoms with Gasteiger partial charge in [0.2, 0.25) is 0 Å². The second-order valence-corrected chi connectivity index (χ2v) is 11.5. The first-order valence-corrected chi connectivity index (χ1v) is 14.8. The Morgan fingerprint density at radius 1 is 0.810 bits per heavy atom. The van der Waals surface area contributed by atoms with Crippen molar-refractivity contribution in [2.24, 2.45) is 0 Å². The van der Waals surface area contributed by atoms with E-state index in [1.165, 1.54) is 12.0 Å². The summed E-state index contributed by atoms with van der Waals surface area (Å²) in [5.74, 6) is 0.117. The van der Waals surface area contributed by atoms with E-state index < -0.39 is 10.0 Å². The summed E-state index contributed by atoms with van der Waals surface area (Å²) in [6, 6.07) is 26.2. The van der Waals surface area contributed by atoms with E-state index in [9.17, 15) is 18.0 Å². The van der Waals surface area contributed by atoms with Crippen LogP contribution in [-0.4, -0.2) is 59.4 Å². The van der Waals surface area contributed by atoms with E-state index in [1.807, 2.05) is 18.2 Å². The number of rotatable bonds is 11. The number of benzene rings is 4. The Morgan fingerprint density at radius 2 is 1.52 bits per heavy atom. The number of nitrogens with one attached hydrogen (secondary N) is 3. The second-order valence-electron chi connectivity index (χ2n) is 9.83. The molecule has 0 aromatic heterocycles. The normalized spacial score (nSPS) is 11.0. The maximum absolute atomic E-state index is 13.5. The van der Waals surface area contributed by atoms with Gasteiger partial charge in [-0.1, -0.05) is 42.5 Å². The summed E-state index contributed by atoms with van der Waals surface area (Å²) in [5, 5.41) is 6.04. The SMILES string of the molecule is COc1ccccc1C(=O)NCCNc1cccc(NS(=O)(=O)c2cc(-c3cccc(C(=O)N(C)C)c3)ccc2C)c1. The van der Waals surface area contributed by atoms with Crippen LogP contribution in [0.25, 0.3) is 11.1 Å². The summed E-state index contributed by atoms with van der Waals surface area (Å²) in [4.78, 5) is 26.5. The summed E-state index contributed by atoms with van der Waals surface area (Å²) in [7, 11) is 0.956. The van der Waals surface area contributed by atoms with Crippen LogP contribution < -0.4 is 20.1 Å². The van der Waals surface area contributed by atoms with Gasteiger partial charge in [0, 0.05) is 38.4 Å². The lowest BCUT2D eigenvalue weighted by molar-refractivity contribution is 0.0827. The molecule has 3 N–H and O–H groups in total. The van der Waals surface area contributed by atoms with E-state index in [0.29, 0.717) is 52.5 Å². The van der Waals surface area contributed by atoms with Gasteiger partial charge in [0.1, 0.15) is 5.75 Å². The topological polar surface area (TPSA) is 117 Å². The first kappa shape index (κ1) is 30.1. The number of carbonyl (C=O) groups excluding carboxylic acids is 2. The third-order valence-electron chi connectivity index (χ3n) is 6.53. The number of methoxy groups -OCH3 is 1. The summed E-state index contributed by atoms with van der Waals surface area (Å²) < 4.78 is 34.8. The minimum absolute atomic E-state index is 0.134. The fourth-order valence-electron chi connectivity index (χ4n) is 4.37. The Bertz CT molecular complexity index is 1700. The summed E-state index contributed by atoms with van der Waals surface area (Å²) in [6.45, 7) is 2.51. The summed E-state index contributed by atoms with van der Waals surface area (Å²) in [5.41, 5.74) is 4.06. The first-order valence-electron chi connectivity index (χ1n) is 13.3. The van der Waals surface area contributed by atoms with Gasteiger partial charge in [0.25, 0.3) is 21.8 Å². The number of aryl methyl sites for hydroxylation is 1. The van der Waals surface area contributed by atoms with Gasteiger partial charge in [0.05, 0.1) is 23.3 Å². The van der Waals surface area contributed by atoms with E-state index in [4.69, 9.17) is 4.74 Å². The highest BCUT2D eigenvalue weighted by Crippen LogP contribution is 2.28. The van der Waals surface area contributed by atoms with Crippen molar-refractivity contribution in [2.45, 2.75) is 11.8 Å².